The van der Waals surface area contributed by atoms with E-state index in [0.29, 0.717) is 46.4 Å². The third-order valence-electron chi connectivity index (χ3n) is 7.40. The zero-order valence-corrected chi connectivity index (χ0v) is 22.1. The van der Waals surface area contributed by atoms with Crippen LogP contribution < -0.4 is 0 Å². The molecule has 5 aliphatic rings. The molecule has 0 atom stereocenters. The van der Waals surface area contributed by atoms with Crippen LogP contribution in [-0.2, 0) is 17.1 Å². The summed E-state index contributed by atoms with van der Waals surface area (Å²) in [5.74, 6) is 3.42. The Hall–Kier alpha value is -5.17. The first-order valence-electron chi connectivity index (χ1n) is 12.9. The predicted molar refractivity (Wildman–Crippen MR) is 158 cm³/mol. The van der Waals surface area contributed by atoms with Gasteiger partial charge in [-0.05, 0) is 11.4 Å². The van der Waals surface area contributed by atoms with Gasteiger partial charge in [-0.3, -0.25) is 9.98 Å². The molecule has 9 rings (SSSR count). The molecule has 4 aromatic carbocycles. The number of allylic oxidation sites excluding steroid dienone is 1. The van der Waals surface area contributed by atoms with Gasteiger partial charge in [0.1, 0.15) is 0 Å². The number of aliphatic imine (C=N–C) groups is 7. The molecule has 0 saturated carbocycles. The SMILES string of the molecule is [C-]1=C2N=C3N=C(N=C4N=C(N=C5N=C(N=C1c1ccccc12)c1ccccc15)c1ccccc14)c1ccccc13.[Cu+]. The van der Waals surface area contributed by atoms with Crippen molar-refractivity contribution in [2.75, 3.05) is 0 Å². The summed E-state index contributed by atoms with van der Waals surface area (Å²) in [6, 6.07) is 32.0. The van der Waals surface area contributed by atoms with Crippen molar-refractivity contribution in [3.8, 4) is 0 Å². The van der Waals surface area contributed by atoms with Crippen LogP contribution in [0.3, 0.4) is 0 Å². The molecule has 8 bridgehead atoms. The van der Waals surface area contributed by atoms with E-state index in [0.717, 1.165) is 44.5 Å². The number of rotatable bonds is 0. The van der Waals surface area contributed by atoms with Gasteiger partial charge in [0.05, 0.1) is 0 Å². The molecule has 1 aliphatic carbocycles. The second-order valence-corrected chi connectivity index (χ2v) is 9.73. The minimum absolute atomic E-state index is 0. The first kappa shape index (κ1) is 23.7. The Balaban J connectivity index is 0.00000256. The molecule has 0 aromatic heterocycles. The van der Waals surface area contributed by atoms with Crippen LogP contribution >= 0.6 is 0 Å². The molecule has 8 heteroatoms. The van der Waals surface area contributed by atoms with Crippen molar-refractivity contribution in [3.63, 3.8) is 0 Å². The summed E-state index contributed by atoms with van der Waals surface area (Å²) in [5, 5.41) is 0. The normalized spacial score (nSPS) is 16.8. The second-order valence-electron chi connectivity index (χ2n) is 9.73. The number of fused-ring (bicyclic) bond motifs is 16. The van der Waals surface area contributed by atoms with Crippen molar-refractivity contribution in [1.29, 1.82) is 0 Å². The smallest absolute Gasteiger partial charge is 0.256 e. The maximum atomic E-state index is 5.00. The fourth-order valence-corrected chi connectivity index (χ4v) is 5.52. The molecule has 0 unspecified atom stereocenters. The van der Waals surface area contributed by atoms with Gasteiger partial charge < -0.3 is 0 Å². The Kier molecular flexibility index (Phi) is 5.16. The second kappa shape index (κ2) is 8.92. The van der Waals surface area contributed by atoms with E-state index >= 15 is 0 Å². The summed E-state index contributed by atoms with van der Waals surface area (Å²) in [6.45, 7) is 0. The van der Waals surface area contributed by atoms with E-state index in [1.165, 1.54) is 0 Å². The molecular weight excluding hydrogens is 558 g/mol. The molecule has 0 spiro atoms. The first-order chi connectivity index (χ1) is 19.8. The molecular formula is C33H16CuN7. The van der Waals surface area contributed by atoms with Crippen molar-refractivity contribution in [1.82, 2.24) is 0 Å². The van der Waals surface area contributed by atoms with E-state index in [1.807, 2.05) is 97.1 Å². The van der Waals surface area contributed by atoms with E-state index in [1.54, 1.807) is 0 Å². The molecule has 0 radical (unpaired) electrons. The number of nitrogens with zero attached hydrogens (tertiary/aromatic N) is 7. The standard InChI is InChI=1S/C33H16N7.Cu/c1-2-10-19-18(9-1)26-17-27(19)35-29-21-12-4-6-14-23(21)31(37-29)39-33-25-16-8-7-15-24(25)32(40-33)38-30-22-13-5-3-11-20(22)28(34-26)36-30;/h1-16H;/q-1;+1. The van der Waals surface area contributed by atoms with Gasteiger partial charge in [-0.1, -0.05) is 84.9 Å². The minimum Gasteiger partial charge on any atom is -0.256 e. The molecule has 41 heavy (non-hydrogen) atoms. The van der Waals surface area contributed by atoms with Crippen molar-refractivity contribution < 1.29 is 17.1 Å². The summed E-state index contributed by atoms with van der Waals surface area (Å²) in [5.41, 5.74) is 8.69. The Bertz CT molecular complexity index is 1790. The van der Waals surface area contributed by atoms with Crippen LogP contribution in [0.2, 0.25) is 0 Å². The third-order valence-corrected chi connectivity index (χ3v) is 7.40. The molecule has 0 N–H and O–H groups in total. The van der Waals surface area contributed by atoms with E-state index in [9.17, 15) is 0 Å². The van der Waals surface area contributed by atoms with Crippen LogP contribution in [0.25, 0.3) is 5.70 Å². The molecule has 0 fully saturated rings. The van der Waals surface area contributed by atoms with E-state index in [-0.39, 0.29) is 17.1 Å². The van der Waals surface area contributed by atoms with Gasteiger partial charge in [0.2, 0.25) is 0 Å². The van der Waals surface area contributed by atoms with Crippen LogP contribution in [0.5, 0.6) is 0 Å². The Morgan fingerprint density at radius 1 is 0.317 bits per heavy atom. The van der Waals surface area contributed by atoms with Crippen molar-refractivity contribution in [2.24, 2.45) is 34.9 Å². The monoisotopic (exact) mass is 573 g/mol. The molecule has 4 heterocycles. The minimum atomic E-state index is 0. The molecule has 7 nitrogen and oxygen atoms in total. The van der Waals surface area contributed by atoms with Crippen LogP contribution in [-0.4, -0.2) is 40.7 Å². The van der Waals surface area contributed by atoms with Gasteiger partial charge in [0.15, 0.2) is 35.0 Å². The number of amidine groups is 6. The number of hydrogen-bond donors (Lipinski definition) is 0. The maximum absolute atomic E-state index is 5.00. The fraction of sp³-hybridized carbons (Fsp3) is 0. The van der Waals surface area contributed by atoms with Gasteiger partial charge in [-0.2, -0.15) is 0 Å². The average Bonchev–Trinajstić information content (AvgIpc) is 3.73. The number of benzene rings is 4. The van der Waals surface area contributed by atoms with Crippen molar-refractivity contribution in [3.05, 3.63) is 148 Å². The Morgan fingerprint density at radius 2 is 0.610 bits per heavy atom. The van der Waals surface area contributed by atoms with Gasteiger partial charge in [-0.15, -0.1) is 29.3 Å². The topological polar surface area (TPSA) is 86.5 Å². The van der Waals surface area contributed by atoms with E-state index in [4.69, 9.17) is 34.9 Å². The molecule has 4 aliphatic heterocycles. The van der Waals surface area contributed by atoms with Gasteiger partial charge in [0.25, 0.3) is 0 Å². The maximum Gasteiger partial charge on any atom is 1.00 e. The summed E-state index contributed by atoms with van der Waals surface area (Å²) < 4.78 is 0. The van der Waals surface area contributed by atoms with E-state index in [2.05, 4.69) is 6.08 Å². The fourth-order valence-electron chi connectivity index (χ4n) is 5.52. The Labute approximate surface area is 245 Å². The average molecular weight is 574 g/mol. The largest absolute Gasteiger partial charge is 1.00 e. The third kappa shape index (κ3) is 3.55. The summed E-state index contributed by atoms with van der Waals surface area (Å²) in [7, 11) is 0. The van der Waals surface area contributed by atoms with Crippen molar-refractivity contribution in [2.45, 2.75) is 0 Å². The van der Waals surface area contributed by atoms with Crippen LogP contribution in [0, 0.1) is 6.08 Å². The molecule has 4 aromatic rings. The quantitative estimate of drug-likeness (QED) is 0.203. The summed E-state index contributed by atoms with van der Waals surface area (Å²) >= 11 is 0. The number of hydrogen-bond acceptors (Lipinski definition) is 7. The zero-order chi connectivity index (χ0) is 26.2. The van der Waals surface area contributed by atoms with E-state index < -0.39 is 0 Å². The molecule has 194 valence electrons. The van der Waals surface area contributed by atoms with Crippen LogP contribution in [0.15, 0.2) is 132 Å². The predicted octanol–water partition coefficient (Wildman–Crippen LogP) is 5.27. The first-order valence-corrected chi connectivity index (χ1v) is 12.9. The summed E-state index contributed by atoms with van der Waals surface area (Å²) in [6.07, 6.45) is 3.44. The van der Waals surface area contributed by atoms with Gasteiger partial charge in [0, 0.05) is 33.4 Å². The van der Waals surface area contributed by atoms with Crippen molar-refractivity contribution >= 4 is 46.4 Å². The molecule has 0 saturated heterocycles. The van der Waals surface area contributed by atoms with Gasteiger partial charge in [-0.25, -0.2) is 25.0 Å². The zero-order valence-electron chi connectivity index (χ0n) is 21.2. The summed E-state index contributed by atoms with van der Waals surface area (Å²) in [4.78, 5) is 34.6. The van der Waals surface area contributed by atoms with Crippen LogP contribution in [0.1, 0.15) is 44.5 Å². The molecule has 0 amide bonds. The Morgan fingerprint density at radius 3 is 1.00 bits per heavy atom. The van der Waals surface area contributed by atoms with Gasteiger partial charge >= 0.3 is 17.1 Å². The van der Waals surface area contributed by atoms with Crippen LogP contribution in [0.4, 0.5) is 0 Å².